The highest BCUT2D eigenvalue weighted by molar-refractivity contribution is 3.91. The molecular weight excluding hydrogens is 94.1 g/mol. The fraction of sp³-hybridized carbons (Fsp3) is 1.00. The Morgan fingerprint density at radius 2 is 2.00 bits per heavy atom. The molecule has 0 aliphatic heterocycles. The van der Waals surface area contributed by atoms with Gasteiger partial charge in [-0.3, -0.25) is 0 Å². The van der Waals surface area contributed by atoms with Gasteiger partial charge in [0.1, 0.15) is 7.05 Å². The largest absolute Gasteiger partial charge is 0.332 e. The monoisotopic (exact) mass is 106 g/mol. The predicted octanol–water partition coefficient (Wildman–Crippen LogP) is -1.22. The number of nitrogens with two attached hydrogens (primary N) is 2. The summed E-state index contributed by atoms with van der Waals surface area (Å²) in [5.74, 6) is 10.5. The summed E-state index contributed by atoms with van der Waals surface area (Å²) >= 11 is 0. The van der Waals surface area contributed by atoms with Gasteiger partial charge in [0.15, 0.2) is 0 Å². The molecule has 0 atom stereocenters. The van der Waals surface area contributed by atoms with E-state index in [-0.39, 0.29) is 4.70 Å². The number of rotatable bonds is 2. The summed E-state index contributed by atoms with van der Waals surface area (Å²) in [5, 5.41) is 0. The average molecular weight is 106 g/mol. The first-order valence-electron chi connectivity index (χ1n) is 1.98. The summed E-state index contributed by atoms with van der Waals surface area (Å²) in [6, 6.07) is 0. The molecule has 0 spiro atoms. The maximum atomic E-state index is 5.24. The molecule has 4 nitrogen and oxygen atoms in total. The number of ether oxygens (including phenoxy) is 1. The Hall–Kier alpha value is -0.160. The highest BCUT2D eigenvalue weighted by atomic mass is 16.5. The van der Waals surface area contributed by atoms with Crippen LogP contribution in [0, 0.1) is 0 Å². The molecule has 4 heteroatoms. The van der Waals surface area contributed by atoms with Crippen molar-refractivity contribution in [3.05, 3.63) is 0 Å². The second-order valence-corrected chi connectivity index (χ2v) is 1.76. The highest BCUT2D eigenvalue weighted by Crippen LogP contribution is 1.75. The molecule has 0 unspecified atom stereocenters. The molecule has 44 valence electrons. The van der Waals surface area contributed by atoms with E-state index in [2.05, 4.69) is 4.74 Å². The Balaban J connectivity index is 3.15. The SMILES string of the molecule is COC[N+](C)(N)N. The summed E-state index contributed by atoms with van der Waals surface area (Å²) in [4.78, 5) is 0. The average Bonchev–Trinajstić information content (AvgIpc) is 1.30. The molecule has 7 heavy (non-hydrogen) atoms. The summed E-state index contributed by atoms with van der Waals surface area (Å²) in [7, 11) is 3.19. The van der Waals surface area contributed by atoms with E-state index in [0.717, 1.165) is 0 Å². The normalized spacial score (nSPS) is 12.0. The Morgan fingerprint density at radius 3 is 2.00 bits per heavy atom. The number of hydrogen-bond donors (Lipinski definition) is 2. The van der Waals surface area contributed by atoms with Gasteiger partial charge in [0.05, 0.1) is 0 Å². The van der Waals surface area contributed by atoms with Crippen LogP contribution in [0.4, 0.5) is 0 Å². The van der Waals surface area contributed by atoms with Gasteiger partial charge in [-0.05, 0) is 0 Å². The third kappa shape index (κ3) is 5.84. The zero-order chi connectivity index (χ0) is 5.91. The smallest absolute Gasteiger partial charge is 0.217 e. The molecule has 0 radical (unpaired) electrons. The van der Waals surface area contributed by atoms with Gasteiger partial charge in [0.25, 0.3) is 0 Å². The molecule has 0 aromatic rings. The molecule has 0 aliphatic carbocycles. The van der Waals surface area contributed by atoms with Crippen LogP contribution in [0.1, 0.15) is 0 Å². The zero-order valence-electron chi connectivity index (χ0n) is 4.72. The van der Waals surface area contributed by atoms with Gasteiger partial charge in [-0.25, -0.2) is 0 Å². The van der Waals surface area contributed by atoms with Crippen LogP contribution in [0.2, 0.25) is 0 Å². The van der Waals surface area contributed by atoms with Crippen molar-refractivity contribution in [3.63, 3.8) is 0 Å². The zero-order valence-corrected chi connectivity index (χ0v) is 4.72. The number of nitrogens with zero attached hydrogens (tertiary/aromatic N) is 1. The fourth-order valence-corrected chi connectivity index (χ4v) is 0.278. The van der Waals surface area contributed by atoms with Crippen molar-refractivity contribution in [2.75, 3.05) is 20.9 Å². The number of quaternary nitrogens is 1. The standard InChI is InChI=1S/C3H12N3O/c1-6(4,5)3-7-2/h3-5H2,1-2H3/q+1. The van der Waals surface area contributed by atoms with Crippen molar-refractivity contribution in [2.45, 2.75) is 0 Å². The Morgan fingerprint density at radius 1 is 1.57 bits per heavy atom. The van der Waals surface area contributed by atoms with E-state index in [1.54, 1.807) is 14.2 Å². The van der Waals surface area contributed by atoms with Gasteiger partial charge in [-0.2, -0.15) is 16.4 Å². The van der Waals surface area contributed by atoms with E-state index in [9.17, 15) is 0 Å². The molecule has 0 aromatic carbocycles. The minimum Gasteiger partial charge on any atom is -0.332 e. The van der Waals surface area contributed by atoms with Crippen molar-refractivity contribution in [1.29, 1.82) is 0 Å². The lowest BCUT2D eigenvalue weighted by Gasteiger charge is -2.18. The van der Waals surface area contributed by atoms with E-state index in [1.165, 1.54) is 0 Å². The lowest BCUT2D eigenvalue weighted by atomic mass is 11.0. The van der Waals surface area contributed by atoms with Crippen LogP contribution in [0.3, 0.4) is 0 Å². The van der Waals surface area contributed by atoms with Crippen molar-refractivity contribution in [1.82, 2.24) is 0 Å². The number of hydrogen-bond acceptors (Lipinski definition) is 3. The van der Waals surface area contributed by atoms with Gasteiger partial charge >= 0.3 is 0 Å². The molecule has 0 aromatic heterocycles. The molecule has 0 bridgehead atoms. The molecule has 0 saturated heterocycles. The Kier molecular flexibility index (Phi) is 2.17. The van der Waals surface area contributed by atoms with Crippen LogP contribution in [0.5, 0.6) is 0 Å². The minimum absolute atomic E-state index is 0.128. The van der Waals surface area contributed by atoms with Gasteiger partial charge in [-0.15, -0.1) is 0 Å². The summed E-state index contributed by atoms with van der Waals surface area (Å²) in [6.07, 6.45) is 0. The lowest BCUT2D eigenvalue weighted by molar-refractivity contribution is -0.950. The third-order valence-electron chi connectivity index (χ3n) is 0.407. The molecule has 4 N–H and O–H groups in total. The van der Waals surface area contributed by atoms with Crippen molar-refractivity contribution >= 4 is 0 Å². The van der Waals surface area contributed by atoms with E-state index in [4.69, 9.17) is 11.7 Å². The number of methoxy groups -OCH3 is 1. The second-order valence-electron chi connectivity index (χ2n) is 1.76. The van der Waals surface area contributed by atoms with E-state index in [1.807, 2.05) is 0 Å². The maximum absolute atomic E-state index is 5.24. The molecular formula is C3H12N3O+. The van der Waals surface area contributed by atoms with Crippen molar-refractivity contribution in [2.24, 2.45) is 11.7 Å². The van der Waals surface area contributed by atoms with Gasteiger partial charge in [0.2, 0.25) is 6.73 Å². The second kappa shape index (κ2) is 2.23. The van der Waals surface area contributed by atoms with Crippen molar-refractivity contribution < 1.29 is 9.44 Å². The van der Waals surface area contributed by atoms with Gasteiger partial charge in [-0.1, -0.05) is 0 Å². The third-order valence-corrected chi connectivity index (χ3v) is 0.407. The van der Waals surface area contributed by atoms with E-state index in [0.29, 0.717) is 6.73 Å². The molecule has 0 rings (SSSR count). The van der Waals surface area contributed by atoms with Crippen molar-refractivity contribution in [3.8, 4) is 0 Å². The molecule has 0 amide bonds. The van der Waals surface area contributed by atoms with Crippen LogP contribution in [0.25, 0.3) is 0 Å². The van der Waals surface area contributed by atoms with Crippen LogP contribution < -0.4 is 11.7 Å². The van der Waals surface area contributed by atoms with E-state index < -0.39 is 0 Å². The summed E-state index contributed by atoms with van der Waals surface area (Å²) in [6.45, 7) is 0.333. The first kappa shape index (κ1) is 6.84. The minimum atomic E-state index is -0.128. The van der Waals surface area contributed by atoms with Gasteiger partial charge < -0.3 is 4.74 Å². The first-order valence-corrected chi connectivity index (χ1v) is 1.98. The lowest BCUT2D eigenvalue weighted by Crippen LogP contribution is -2.57. The van der Waals surface area contributed by atoms with Crippen LogP contribution in [-0.2, 0) is 4.74 Å². The molecule has 0 fully saturated rings. The Bertz CT molecular complexity index is 48.6. The predicted molar refractivity (Wildman–Crippen MR) is 26.4 cm³/mol. The van der Waals surface area contributed by atoms with Crippen LogP contribution in [-0.4, -0.2) is 25.6 Å². The Labute approximate surface area is 43.2 Å². The quantitative estimate of drug-likeness (QED) is 0.201. The fourth-order valence-electron chi connectivity index (χ4n) is 0.278. The van der Waals surface area contributed by atoms with Crippen LogP contribution >= 0.6 is 0 Å². The van der Waals surface area contributed by atoms with Gasteiger partial charge in [0, 0.05) is 7.11 Å². The highest BCUT2D eigenvalue weighted by Gasteiger charge is 2.05. The molecule has 0 saturated carbocycles. The molecule has 0 heterocycles. The molecule has 0 aliphatic rings. The van der Waals surface area contributed by atoms with Crippen LogP contribution in [0.15, 0.2) is 0 Å². The maximum Gasteiger partial charge on any atom is 0.217 e. The summed E-state index contributed by atoms with van der Waals surface area (Å²) < 4.78 is 4.50. The topological polar surface area (TPSA) is 61.3 Å². The van der Waals surface area contributed by atoms with E-state index >= 15 is 0 Å². The first-order chi connectivity index (χ1) is 3.06. The summed E-state index contributed by atoms with van der Waals surface area (Å²) in [5.41, 5.74) is 0.